The molecule has 1 N–H and O–H groups in total. The molecular formula is C23H16N2O5. The van der Waals surface area contributed by atoms with Crippen LogP contribution in [0.15, 0.2) is 75.7 Å². The highest BCUT2D eigenvalue weighted by Crippen LogP contribution is 2.30. The van der Waals surface area contributed by atoms with Crippen molar-refractivity contribution in [2.75, 3.05) is 11.9 Å². The molecule has 0 fully saturated rings. The van der Waals surface area contributed by atoms with Crippen LogP contribution in [0.3, 0.4) is 0 Å². The lowest BCUT2D eigenvalue weighted by molar-refractivity contribution is -0.146. The van der Waals surface area contributed by atoms with Crippen molar-refractivity contribution in [3.05, 3.63) is 72.4 Å². The fraction of sp³-hybridized carbons (Fsp3) is 0.0870. The summed E-state index contributed by atoms with van der Waals surface area (Å²) in [6.07, 6.45) is -0.0722. The van der Waals surface area contributed by atoms with Crippen LogP contribution in [-0.4, -0.2) is 23.6 Å². The van der Waals surface area contributed by atoms with Crippen LogP contribution in [0.1, 0.15) is 5.69 Å². The zero-order chi connectivity index (χ0) is 20.5. The van der Waals surface area contributed by atoms with Gasteiger partial charge in [0.05, 0.1) is 6.42 Å². The van der Waals surface area contributed by atoms with Crippen molar-refractivity contribution in [3.8, 4) is 0 Å². The minimum atomic E-state index is -0.555. The van der Waals surface area contributed by atoms with Gasteiger partial charge in [0, 0.05) is 21.8 Å². The van der Waals surface area contributed by atoms with Gasteiger partial charge in [-0.1, -0.05) is 35.5 Å². The summed E-state index contributed by atoms with van der Waals surface area (Å²) in [4.78, 5) is 24.3. The van der Waals surface area contributed by atoms with Gasteiger partial charge in [-0.25, -0.2) is 0 Å². The highest BCUT2D eigenvalue weighted by molar-refractivity contribution is 6.07. The molecule has 0 bridgehead atoms. The number of fused-ring (bicyclic) bond motifs is 4. The highest BCUT2D eigenvalue weighted by Gasteiger charge is 2.15. The number of nitrogens with zero attached hydrogens (tertiary/aromatic N) is 1. The first-order valence-corrected chi connectivity index (χ1v) is 9.37. The first kappa shape index (κ1) is 17.9. The summed E-state index contributed by atoms with van der Waals surface area (Å²) in [5.41, 5.74) is 3.19. The van der Waals surface area contributed by atoms with Gasteiger partial charge >= 0.3 is 5.97 Å². The number of anilines is 1. The van der Waals surface area contributed by atoms with Crippen molar-refractivity contribution in [2.45, 2.75) is 6.42 Å². The number of hydrogen-bond donors (Lipinski definition) is 1. The second kappa shape index (κ2) is 7.36. The second-order valence-corrected chi connectivity index (χ2v) is 6.82. The summed E-state index contributed by atoms with van der Waals surface area (Å²) in [7, 11) is 0. The molecule has 7 heteroatoms. The van der Waals surface area contributed by atoms with Crippen LogP contribution in [0.25, 0.3) is 32.9 Å². The van der Waals surface area contributed by atoms with Crippen molar-refractivity contribution < 1.29 is 23.3 Å². The zero-order valence-electron chi connectivity index (χ0n) is 15.8. The smallest absolute Gasteiger partial charge is 0.312 e. The third-order valence-corrected chi connectivity index (χ3v) is 4.79. The first-order chi connectivity index (χ1) is 14.7. The molecule has 0 atom stereocenters. The fourth-order valence-electron chi connectivity index (χ4n) is 3.40. The Morgan fingerprint density at radius 2 is 1.60 bits per heavy atom. The van der Waals surface area contributed by atoms with Crippen LogP contribution in [0.5, 0.6) is 0 Å². The van der Waals surface area contributed by atoms with E-state index in [1.165, 1.54) is 0 Å². The molecule has 2 heterocycles. The summed E-state index contributed by atoms with van der Waals surface area (Å²) in [5, 5.41) is 9.25. The molecule has 1 amide bonds. The number of esters is 1. The molecule has 2 aromatic heterocycles. The zero-order valence-corrected chi connectivity index (χ0v) is 15.8. The number of para-hydroxylation sites is 2. The number of furan rings is 1. The Hall–Kier alpha value is -4.13. The maximum atomic E-state index is 12.2. The Labute approximate surface area is 170 Å². The van der Waals surface area contributed by atoms with E-state index in [2.05, 4.69) is 10.5 Å². The first-order valence-electron chi connectivity index (χ1n) is 9.37. The molecule has 0 saturated carbocycles. The van der Waals surface area contributed by atoms with E-state index in [1.807, 2.05) is 48.5 Å². The minimum Gasteiger partial charge on any atom is -0.456 e. The van der Waals surface area contributed by atoms with Gasteiger partial charge in [-0.3, -0.25) is 9.59 Å². The van der Waals surface area contributed by atoms with Gasteiger partial charge in [0.2, 0.25) is 0 Å². The van der Waals surface area contributed by atoms with Crippen molar-refractivity contribution in [3.63, 3.8) is 0 Å². The monoisotopic (exact) mass is 400 g/mol. The van der Waals surface area contributed by atoms with Crippen LogP contribution in [0, 0.1) is 0 Å². The summed E-state index contributed by atoms with van der Waals surface area (Å²) in [6.45, 7) is -0.390. The predicted molar refractivity (Wildman–Crippen MR) is 111 cm³/mol. The van der Waals surface area contributed by atoms with Crippen molar-refractivity contribution in [2.24, 2.45) is 0 Å². The third-order valence-electron chi connectivity index (χ3n) is 4.79. The number of aromatic nitrogens is 1. The molecule has 0 radical (unpaired) electrons. The lowest BCUT2D eigenvalue weighted by Gasteiger charge is -2.06. The summed E-state index contributed by atoms with van der Waals surface area (Å²) >= 11 is 0. The quantitative estimate of drug-likeness (QED) is 0.438. The normalized spacial score (nSPS) is 11.2. The van der Waals surface area contributed by atoms with Gasteiger partial charge in [-0.2, -0.15) is 0 Å². The van der Waals surface area contributed by atoms with E-state index in [1.54, 1.807) is 18.2 Å². The van der Waals surface area contributed by atoms with E-state index in [0.717, 1.165) is 27.3 Å². The van der Waals surface area contributed by atoms with E-state index < -0.39 is 18.5 Å². The number of carbonyl (C=O) groups is 2. The molecular weight excluding hydrogens is 384 g/mol. The van der Waals surface area contributed by atoms with Crippen LogP contribution >= 0.6 is 0 Å². The molecule has 30 heavy (non-hydrogen) atoms. The van der Waals surface area contributed by atoms with Gasteiger partial charge in [-0.05, 0) is 36.4 Å². The van der Waals surface area contributed by atoms with Crippen LogP contribution < -0.4 is 5.32 Å². The number of carbonyl (C=O) groups excluding carboxylic acids is 2. The molecule has 5 rings (SSSR count). The minimum absolute atomic E-state index is 0.0722. The Morgan fingerprint density at radius 3 is 2.47 bits per heavy atom. The Balaban J connectivity index is 1.22. The predicted octanol–water partition coefficient (Wildman–Crippen LogP) is 4.45. The van der Waals surface area contributed by atoms with E-state index in [4.69, 9.17) is 13.7 Å². The number of ether oxygens (including phenoxy) is 1. The molecule has 0 aliphatic carbocycles. The average molecular weight is 400 g/mol. The fourth-order valence-corrected chi connectivity index (χ4v) is 3.40. The molecule has 0 aliphatic rings. The number of nitrogens with one attached hydrogen (secondary N) is 1. The average Bonchev–Trinajstić information content (AvgIpc) is 3.34. The lowest BCUT2D eigenvalue weighted by Crippen LogP contribution is -2.21. The highest BCUT2D eigenvalue weighted by atomic mass is 16.5. The number of benzene rings is 3. The molecule has 7 nitrogen and oxygen atoms in total. The molecule has 0 saturated heterocycles. The third kappa shape index (κ3) is 3.37. The van der Waals surface area contributed by atoms with Crippen LogP contribution in [0.4, 0.5) is 5.69 Å². The molecule has 3 aromatic carbocycles. The molecule has 0 unspecified atom stereocenters. The molecule has 148 valence electrons. The molecule has 5 aromatic rings. The Morgan fingerprint density at radius 1 is 0.867 bits per heavy atom. The van der Waals surface area contributed by atoms with Crippen molar-refractivity contribution in [1.29, 1.82) is 0 Å². The van der Waals surface area contributed by atoms with E-state index in [0.29, 0.717) is 17.0 Å². The molecule has 0 aliphatic heterocycles. The van der Waals surface area contributed by atoms with Gasteiger partial charge in [0.1, 0.15) is 16.9 Å². The SMILES string of the molecule is O=C(COC(=O)Cc1noc2ccccc12)Nc1ccc2oc3ccccc3c2c1. The Bertz CT molecular complexity index is 1400. The Kier molecular flexibility index (Phi) is 4.40. The second-order valence-electron chi connectivity index (χ2n) is 6.82. The van der Waals surface area contributed by atoms with Crippen molar-refractivity contribution in [1.82, 2.24) is 5.16 Å². The van der Waals surface area contributed by atoms with Gasteiger partial charge in [-0.15, -0.1) is 0 Å². The summed E-state index contributed by atoms with van der Waals surface area (Å²) < 4.78 is 16.0. The van der Waals surface area contributed by atoms with Crippen molar-refractivity contribution >= 4 is 50.5 Å². The number of hydrogen-bond acceptors (Lipinski definition) is 6. The van der Waals surface area contributed by atoms with E-state index >= 15 is 0 Å². The van der Waals surface area contributed by atoms with E-state index in [9.17, 15) is 9.59 Å². The topological polar surface area (TPSA) is 94.6 Å². The van der Waals surface area contributed by atoms with Gasteiger partial charge in [0.15, 0.2) is 12.2 Å². The number of rotatable bonds is 5. The maximum Gasteiger partial charge on any atom is 0.312 e. The largest absolute Gasteiger partial charge is 0.456 e. The van der Waals surface area contributed by atoms with Crippen LogP contribution in [0.2, 0.25) is 0 Å². The van der Waals surface area contributed by atoms with E-state index in [-0.39, 0.29) is 6.42 Å². The van der Waals surface area contributed by atoms with Gasteiger partial charge in [0.25, 0.3) is 5.91 Å². The maximum absolute atomic E-state index is 12.2. The number of amides is 1. The molecule has 0 spiro atoms. The van der Waals surface area contributed by atoms with Crippen LogP contribution in [-0.2, 0) is 20.7 Å². The van der Waals surface area contributed by atoms with Gasteiger partial charge < -0.3 is 19.0 Å². The summed E-state index contributed by atoms with van der Waals surface area (Å²) in [5.74, 6) is -0.985. The standard InChI is InChI=1S/C23H16N2O5/c26-22(13-28-23(27)12-18-16-6-2-4-8-21(16)30-25-18)24-14-9-10-20-17(11-14)15-5-1-3-7-19(15)29-20/h1-11H,12-13H2,(H,24,26). The summed E-state index contributed by atoms with van der Waals surface area (Å²) in [6, 6.07) is 20.3. The lowest BCUT2D eigenvalue weighted by atomic mass is 10.1.